The Kier molecular flexibility index (Phi) is 5.70. The van der Waals surface area contributed by atoms with Crippen molar-refractivity contribution in [2.45, 2.75) is 32.4 Å². The molecule has 0 aliphatic carbocycles. The highest BCUT2D eigenvalue weighted by Crippen LogP contribution is 2.09. The fraction of sp³-hybridized carbons (Fsp3) is 0.444. The first-order chi connectivity index (χ1) is 12.9. The van der Waals surface area contributed by atoms with Gasteiger partial charge in [-0.15, -0.1) is 0 Å². The lowest BCUT2D eigenvalue weighted by molar-refractivity contribution is -0.116. The number of rotatable bonds is 5. The van der Waals surface area contributed by atoms with Crippen LogP contribution in [0.1, 0.15) is 29.0 Å². The minimum absolute atomic E-state index is 0.0167. The van der Waals surface area contributed by atoms with E-state index >= 15 is 0 Å². The molecule has 27 heavy (non-hydrogen) atoms. The maximum Gasteiger partial charge on any atom is 0.263 e. The molecule has 2 amide bonds. The normalized spacial score (nSPS) is 17.5. The first kappa shape index (κ1) is 18.8. The first-order valence-corrected chi connectivity index (χ1v) is 8.84. The van der Waals surface area contributed by atoms with Crippen LogP contribution in [0.25, 0.3) is 0 Å². The lowest BCUT2D eigenvalue weighted by Crippen LogP contribution is -2.47. The number of aromatic nitrogens is 2. The molecule has 0 aromatic carbocycles. The van der Waals surface area contributed by atoms with Gasteiger partial charge in [0.25, 0.3) is 11.5 Å². The molecule has 3 rings (SSSR count). The summed E-state index contributed by atoms with van der Waals surface area (Å²) < 4.78 is 6.08. The van der Waals surface area contributed by atoms with E-state index in [1.165, 1.54) is 16.8 Å². The van der Waals surface area contributed by atoms with Gasteiger partial charge in [-0.2, -0.15) is 0 Å². The van der Waals surface area contributed by atoms with Crippen molar-refractivity contribution in [2.24, 2.45) is 0 Å². The summed E-state index contributed by atoms with van der Waals surface area (Å²) in [5, 5.41) is 9.14. The van der Waals surface area contributed by atoms with Gasteiger partial charge in [0.05, 0.1) is 0 Å². The second-order valence-corrected chi connectivity index (χ2v) is 6.80. The highest BCUT2D eigenvalue weighted by molar-refractivity contribution is 5.94. The standard InChI is InChI=1S/C18H23N5O4/c1-12-9-15(21-27-12)20-16(24)11-23-8-4-6-14(18(23)26)17(25)19-13-5-3-7-22(2)10-13/h4,6,8-9,13H,3,5,7,10-11H2,1-2H3,(H,19,25)(H,20,21,24)/t13-/m0/s1. The molecule has 0 spiro atoms. The van der Waals surface area contributed by atoms with Crippen LogP contribution >= 0.6 is 0 Å². The number of piperidine rings is 1. The van der Waals surface area contributed by atoms with E-state index in [2.05, 4.69) is 20.7 Å². The van der Waals surface area contributed by atoms with Crippen LogP contribution in [0, 0.1) is 6.92 Å². The van der Waals surface area contributed by atoms with Crippen molar-refractivity contribution in [3.8, 4) is 0 Å². The fourth-order valence-corrected chi connectivity index (χ4v) is 3.14. The summed E-state index contributed by atoms with van der Waals surface area (Å²) in [4.78, 5) is 39.4. The molecule has 9 nitrogen and oxygen atoms in total. The van der Waals surface area contributed by atoms with Crippen molar-refractivity contribution in [1.29, 1.82) is 0 Å². The Hall–Kier alpha value is -2.94. The zero-order chi connectivity index (χ0) is 19.4. The molecule has 1 saturated heterocycles. The van der Waals surface area contributed by atoms with E-state index in [4.69, 9.17) is 4.52 Å². The zero-order valence-electron chi connectivity index (χ0n) is 15.4. The number of anilines is 1. The van der Waals surface area contributed by atoms with Crippen molar-refractivity contribution in [2.75, 3.05) is 25.5 Å². The number of nitrogens with one attached hydrogen (secondary N) is 2. The number of hydrogen-bond donors (Lipinski definition) is 2. The highest BCUT2D eigenvalue weighted by Gasteiger charge is 2.21. The maximum absolute atomic E-state index is 12.6. The molecular formula is C18H23N5O4. The van der Waals surface area contributed by atoms with Crippen LogP contribution in [0.4, 0.5) is 5.82 Å². The molecule has 0 unspecified atom stereocenters. The quantitative estimate of drug-likeness (QED) is 0.795. The van der Waals surface area contributed by atoms with Gasteiger partial charge in [0, 0.05) is 24.8 Å². The van der Waals surface area contributed by atoms with Crippen molar-refractivity contribution >= 4 is 17.6 Å². The van der Waals surface area contributed by atoms with Crippen LogP contribution in [0.15, 0.2) is 33.7 Å². The maximum atomic E-state index is 12.6. The Bertz CT molecular complexity index is 888. The zero-order valence-corrected chi connectivity index (χ0v) is 15.4. The molecule has 144 valence electrons. The van der Waals surface area contributed by atoms with Crippen LogP contribution < -0.4 is 16.2 Å². The predicted molar refractivity (Wildman–Crippen MR) is 98.6 cm³/mol. The van der Waals surface area contributed by atoms with Crippen molar-refractivity contribution < 1.29 is 14.1 Å². The second-order valence-electron chi connectivity index (χ2n) is 6.80. The number of likely N-dealkylation sites (tertiary alicyclic amines) is 1. The minimum Gasteiger partial charge on any atom is -0.360 e. The Morgan fingerprint density at radius 1 is 1.41 bits per heavy atom. The lowest BCUT2D eigenvalue weighted by Gasteiger charge is -2.30. The Morgan fingerprint density at radius 2 is 2.22 bits per heavy atom. The second kappa shape index (κ2) is 8.17. The summed E-state index contributed by atoms with van der Waals surface area (Å²) in [6.45, 7) is 3.24. The number of pyridine rings is 1. The molecule has 1 atom stereocenters. The fourth-order valence-electron chi connectivity index (χ4n) is 3.14. The monoisotopic (exact) mass is 373 g/mol. The van der Waals surface area contributed by atoms with E-state index in [1.807, 2.05) is 7.05 Å². The number of hydrogen-bond acceptors (Lipinski definition) is 6. The van der Waals surface area contributed by atoms with Gasteiger partial charge in [0.15, 0.2) is 5.82 Å². The topological polar surface area (TPSA) is 109 Å². The molecule has 2 aromatic rings. The average molecular weight is 373 g/mol. The number of carbonyl (C=O) groups is 2. The molecular weight excluding hydrogens is 350 g/mol. The third kappa shape index (κ3) is 4.82. The Labute approximate surface area is 156 Å². The van der Waals surface area contributed by atoms with E-state index in [0.717, 1.165) is 25.9 Å². The molecule has 2 aromatic heterocycles. The van der Waals surface area contributed by atoms with Gasteiger partial charge in [0.2, 0.25) is 5.91 Å². The lowest BCUT2D eigenvalue weighted by atomic mass is 10.1. The Balaban J connectivity index is 1.66. The van der Waals surface area contributed by atoms with Crippen LogP contribution in [-0.2, 0) is 11.3 Å². The van der Waals surface area contributed by atoms with Crippen LogP contribution in [0.2, 0.25) is 0 Å². The van der Waals surface area contributed by atoms with E-state index in [-0.39, 0.29) is 24.0 Å². The minimum atomic E-state index is -0.509. The van der Waals surface area contributed by atoms with Gasteiger partial charge in [-0.25, -0.2) is 0 Å². The van der Waals surface area contributed by atoms with Crippen molar-refractivity contribution in [1.82, 2.24) is 19.9 Å². The summed E-state index contributed by atoms with van der Waals surface area (Å²) in [6.07, 6.45) is 3.36. The number of likely N-dealkylation sites (N-methyl/N-ethyl adjacent to an activating group) is 1. The number of carbonyl (C=O) groups excluding carboxylic acids is 2. The van der Waals surface area contributed by atoms with Gasteiger partial charge in [-0.05, 0) is 45.5 Å². The third-order valence-corrected chi connectivity index (χ3v) is 4.43. The molecule has 0 saturated carbocycles. The molecule has 3 heterocycles. The number of amides is 2. The average Bonchev–Trinajstić information content (AvgIpc) is 3.01. The third-order valence-electron chi connectivity index (χ3n) is 4.43. The van der Waals surface area contributed by atoms with E-state index < -0.39 is 17.4 Å². The first-order valence-electron chi connectivity index (χ1n) is 8.84. The van der Waals surface area contributed by atoms with Gasteiger partial charge >= 0.3 is 0 Å². The van der Waals surface area contributed by atoms with Gasteiger partial charge in [-0.3, -0.25) is 14.4 Å². The van der Waals surface area contributed by atoms with Crippen LogP contribution in [0.5, 0.6) is 0 Å². The van der Waals surface area contributed by atoms with Crippen molar-refractivity contribution in [3.63, 3.8) is 0 Å². The van der Waals surface area contributed by atoms with Gasteiger partial charge < -0.3 is 24.6 Å². The SMILES string of the molecule is Cc1cc(NC(=O)Cn2cccc(C(=O)N[C@H]3CCCN(C)C3)c2=O)no1. The summed E-state index contributed by atoms with van der Waals surface area (Å²) >= 11 is 0. The molecule has 1 aliphatic heterocycles. The van der Waals surface area contributed by atoms with E-state index in [1.54, 1.807) is 19.1 Å². The molecule has 0 bridgehead atoms. The predicted octanol–water partition coefficient (Wildman–Crippen LogP) is 0.607. The summed E-state index contributed by atoms with van der Waals surface area (Å²) in [5.74, 6) is -0.00518. The highest BCUT2D eigenvalue weighted by atomic mass is 16.5. The number of nitrogens with zero attached hydrogens (tertiary/aromatic N) is 3. The number of aryl methyl sites for hydroxylation is 1. The van der Waals surface area contributed by atoms with Gasteiger partial charge in [-0.1, -0.05) is 5.16 Å². The molecule has 9 heteroatoms. The Morgan fingerprint density at radius 3 is 2.93 bits per heavy atom. The van der Waals surface area contributed by atoms with E-state index in [0.29, 0.717) is 5.76 Å². The van der Waals surface area contributed by atoms with Crippen LogP contribution in [-0.4, -0.2) is 52.6 Å². The van der Waals surface area contributed by atoms with E-state index in [9.17, 15) is 14.4 Å². The summed E-state index contributed by atoms with van der Waals surface area (Å²) in [7, 11) is 2.00. The van der Waals surface area contributed by atoms with Crippen molar-refractivity contribution in [3.05, 3.63) is 46.1 Å². The molecule has 1 fully saturated rings. The smallest absolute Gasteiger partial charge is 0.263 e. The molecule has 1 aliphatic rings. The summed E-state index contributed by atoms with van der Waals surface area (Å²) in [6, 6.07) is 4.64. The van der Waals surface area contributed by atoms with Crippen LogP contribution in [0.3, 0.4) is 0 Å². The summed E-state index contributed by atoms with van der Waals surface area (Å²) in [5.41, 5.74) is -0.485. The molecule has 0 radical (unpaired) electrons. The largest absolute Gasteiger partial charge is 0.360 e. The van der Waals surface area contributed by atoms with Gasteiger partial charge in [0.1, 0.15) is 17.9 Å². The molecule has 2 N–H and O–H groups in total.